The molecule has 0 aliphatic heterocycles. The molecule has 0 aromatic carbocycles. The van der Waals surface area contributed by atoms with Crippen molar-refractivity contribution in [2.45, 2.75) is 180 Å². The standard InChI is InChI=1S/C32H67N2O6P/c1-3-5-7-9-11-13-15-17-19-21-23-25-31(35)30(29-40-41(37,38)39-28-27-33)34-32(36)26-24-22-20-18-16-14-12-10-8-6-4-2/h30-31,35H,3-29,33H2,1-2H3,(H,34,36)(H,37,38)/t30-,31+/m0/s1. The molecule has 246 valence electrons. The minimum Gasteiger partial charge on any atom is -0.391 e. The number of aliphatic hydroxyl groups excluding tert-OH is 1. The van der Waals surface area contributed by atoms with Gasteiger partial charge in [0.15, 0.2) is 0 Å². The Labute approximate surface area is 252 Å². The summed E-state index contributed by atoms with van der Waals surface area (Å²) in [6.07, 6.45) is 26.7. The second-order valence-corrected chi connectivity index (χ2v) is 13.2. The van der Waals surface area contributed by atoms with Crippen LogP contribution in [-0.2, 0) is 18.4 Å². The molecule has 0 aromatic heterocycles. The molecular formula is C32H67N2O6P. The second kappa shape index (κ2) is 29.6. The molecule has 5 N–H and O–H groups in total. The third-order valence-corrected chi connectivity index (χ3v) is 8.70. The first-order valence-electron chi connectivity index (χ1n) is 17.2. The van der Waals surface area contributed by atoms with Crippen molar-refractivity contribution in [1.29, 1.82) is 0 Å². The molecule has 0 saturated heterocycles. The number of amides is 1. The number of hydrogen-bond donors (Lipinski definition) is 4. The molecule has 0 rings (SSSR count). The monoisotopic (exact) mass is 606 g/mol. The summed E-state index contributed by atoms with van der Waals surface area (Å²) in [5.74, 6) is -0.164. The average molecular weight is 607 g/mol. The summed E-state index contributed by atoms with van der Waals surface area (Å²) in [6.45, 7) is 4.17. The molecular weight excluding hydrogens is 539 g/mol. The lowest BCUT2D eigenvalue weighted by molar-refractivity contribution is -0.123. The number of aliphatic hydroxyl groups is 1. The maximum absolute atomic E-state index is 12.6. The van der Waals surface area contributed by atoms with Crippen LogP contribution in [0.5, 0.6) is 0 Å². The molecule has 0 spiro atoms. The minimum atomic E-state index is -4.29. The van der Waals surface area contributed by atoms with Crippen LogP contribution in [0.3, 0.4) is 0 Å². The van der Waals surface area contributed by atoms with E-state index in [-0.39, 0.29) is 25.7 Å². The maximum atomic E-state index is 12.6. The lowest BCUT2D eigenvalue weighted by atomic mass is 10.0. The highest BCUT2D eigenvalue weighted by atomic mass is 31.2. The van der Waals surface area contributed by atoms with Crippen LogP contribution in [0.4, 0.5) is 0 Å². The van der Waals surface area contributed by atoms with Crippen molar-refractivity contribution in [2.75, 3.05) is 19.8 Å². The van der Waals surface area contributed by atoms with Gasteiger partial charge in [0.2, 0.25) is 5.91 Å². The minimum absolute atomic E-state index is 0.0918. The van der Waals surface area contributed by atoms with E-state index in [0.717, 1.165) is 38.5 Å². The molecule has 0 bridgehead atoms. The van der Waals surface area contributed by atoms with E-state index in [0.29, 0.717) is 12.8 Å². The Balaban J connectivity index is 4.30. The summed E-state index contributed by atoms with van der Waals surface area (Å²) in [5, 5.41) is 13.7. The van der Waals surface area contributed by atoms with E-state index in [4.69, 9.17) is 14.8 Å². The summed E-state index contributed by atoms with van der Waals surface area (Å²) < 4.78 is 22.0. The van der Waals surface area contributed by atoms with E-state index in [1.54, 1.807) is 0 Å². The van der Waals surface area contributed by atoms with Crippen LogP contribution in [0.25, 0.3) is 0 Å². The molecule has 3 atom stereocenters. The van der Waals surface area contributed by atoms with Crippen LogP contribution in [0.15, 0.2) is 0 Å². The van der Waals surface area contributed by atoms with Gasteiger partial charge < -0.3 is 21.1 Å². The Hall–Kier alpha value is -0.500. The van der Waals surface area contributed by atoms with Crippen LogP contribution >= 0.6 is 7.82 Å². The summed E-state index contributed by atoms with van der Waals surface area (Å²) in [4.78, 5) is 22.5. The zero-order valence-corrected chi connectivity index (χ0v) is 27.7. The molecule has 8 nitrogen and oxygen atoms in total. The molecule has 9 heteroatoms. The molecule has 0 saturated carbocycles. The van der Waals surface area contributed by atoms with Crippen LogP contribution in [-0.4, -0.2) is 47.8 Å². The number of unbranched alkanes of at least 4 members (excludes halogenated alkanes) is 20. The third kappa shape index (κ3) is 28.1. The smallest absolute Gasteiger partial charge is 0.391 e. The van der Waals surface area contributed by atoms with E-state index < -0.39 is 20.0 Å². The highest BCUT2D eigenvalue weighted by molar-refractivity contribution is 7.47. The van der Waals surface area contributed by atoms with Crippen molar-refractivity contribution in [3.63, 3.8) is 0 Å². The Morgan fingerprint density at radius 2 is 1.12 bits per heavy atom. The van der Waals surface area contributed by atoms with E-state index in [9.17, 15) is 19.4 Å². The van der Waals surface area contributed by atoms with Gasteiger partial charge in [-0.05, 0) is 12.8 Å². The van der Waals surface area contributed by atoms with E-state index >= 15 is 0 Å². The number of nitrogens with one attached hydrogen (secondary N) is 1. The van der Waals surface area contributed by atoms with Gasteiger partial charge in [-0.25, -0.2) is 4.57 Å². The zero-order chi connectivity index (χ0) is 30.4. The average Bonchev–Trinajstić information content (AvgIpc) is 2.95. The fourth-order valence-corrected chi connectivity index (χ4v) is 5.84. The van der Waals surface area contributed by atoms with Gasteiger partial charge in [0.25, 0.3) is 0 Å². The molecule has 0 aromatic rings. The molecule has 41 heavy (non-hydrogen) atoms. The maximum Gasteiger partial charge on any atom is 0.472 e. The van der Waals surface area contributed by atoms with Gasteiger partial charge in [-0.3, -0.25) is 13.8 Å². The lowest BCUT2D eigenvalue weighted by Gasteiger charge is -2.25. The Morgan fingerprint density at radius 3 is 1.56 bits per heavy atom. The van der Waals surface area contributed by atoms with Crippen molar-refractivity contribution in [3.8, 4) is 0 Å². The number of rotatable bonds is 32. The fourth-order valence-electron chi connectivity index (χ4n) is 5.08. The van der Waals surface area contributed by atoms with Crippen molar-refractivity contribution in [3.05, 3.63) is 0 Å². The van der Waals surface area contributed by atoms with E-state index in [1.165, 1.54) is 103 Å². The van der Waals surface area contributed by atoms with Crippen molar-refractivity contribution in [2.24, 2.45) is 5.73 Å². The Bertz CT molecular complexity index is 625. The summed E-state index contributed by atoms with van der Waals surface area (Å²) in [7, 11) is -4.29. The second-order valence-electron chi connectivity index (χ2n) is 11.7. The van der Waals surface area contributed by atoms with Gasteiger partial charge in [0.05, 0.1) is 25.4 Å². The number of phosphoric acid groups is 1. The normalized spacial score (nSPS) is 14.6. The molecule has 0 heterocycles. The number of nitrogens with two attached hydrogens (primary N) is 1. The number of carbonyl (C=O) groups is 1. The molecule has 1 amide bonds. The van der Waals surface area contributed by atoms with Crippen molar-refractivity contribution >= 4 is 13.7 Å². The van der Waals surface area contributed by atoms with Gasteiger partial charge >= 0.3 is 7.82 Å². The van der Waals surface area contributed by atoms with Crippen LogP contribution in [0.2, 0.25) is 0 Å². The molecule has 0 aliphatic carbocycles. The number of hydrogen-bond acceptors (Lipinski definition) is 6. The van der Waals surface area contributed by atoms with Crippen LogP contribution in [0, 0.1) is 0 Å². The number of carbonyl (C=O) groups excluding carboxylic acids is 1. The number of phosphoric ester groups is 1. The topological polar surface area (TPSA) is 131 Å². The fraction of sp³-hybridized carbons (Fsp3) is 0.969. The van der Waals surface area contributed by atoms with Crippen molar-refractivity contribution in [1.82, 2.24) is 5.32 Å². The predicted octanol–water partition coefficient (Wildman–Crippen LogP) is 8.33. The van der Waals surface area contributed by atoms with Gasteiger partial charge in [-0.1, -0.05) is 149 Å². The summed E-state index contributed by atoms with van der Waals surface area (Å²) in [5.41, 5.74) is 5.34. The van der Waals surface area contributed by atoms with Crippen LogP contribution in [0.1, 0.15) is 168 Å². The molecule has 0 aliphatic rings. The van der Waals surface area contributed by atoms with Gasteiger partial charge in [0, 0.05) is 13.0 Å². The predicted molar refractivity (Wildman–Crippen MR) is 171 cm³/mol. The zero-order valence-electron chi connectivity index (χ0n) is 26.8. The molecule has 0 fully saturated rings. The first kappa shape index (κ1) is 40.5. The van der Waals surface area contributed by atoms with Crippen molar-refractivity contribution < 1.29 is 28.4 Å². The van der Waals surface area contributed by atoms with Gasteiger partial charge in [-0.2, -0.15) is 0 Å². The molecule has 0 radical (unpaired) electrons. The lowest BCUT2D eigenvalue weighted by Crippen LogP contribution is -2.46. The Kier molecular flexibility index (Phi) is 29.2. The summed E-state index contributed by atoms with van der Waals surface area (Å²) in [6, 6.07) is -0.764. The largest absolute Gasteiger partial charge is 0.472 e. The quantitative estimate of drug-likeness (QED) is 0.0447. The first-order valence-corrected chi connectivity index (χ1v) is 18.6. The third-order valence-electron chi connectivity index (χ3n) is 7.71. The highest BCUT2D eigenvalue weighted by Gasteiger charge is 2.27. The molecule has 1 unspecified atom stereocenters. The van der Waals surface area contributed by atoms with E-state index in [2.05, 4.69) is 19.2 Å². The Morgan fingerprint density at radius 1 is 0.707 bits per heavy atom. The highest BCUT2D eigenvalue weighted by Crippen LogP contribution is 2.43. The van der Waals surface area contributed by atoms with Gasteiger partial charge in [0.1, 0.15) is 0 Å². The van der Waals surface area contributed by atoms with Gasteiger partial charge in [-0.15, -0.1) is 0 Å². The summed E-state index contributed by atoms with van der Waals surface area (Å²) >= 11 is 0. The SMILES string of the molecule is CCCCCCCCCCCCCC(=O)N[C@@H](COP(=O)(O)OCCN)[C@H](O)CCCCCCCCCCCCC. The van der Waals surface area contributed by atoms with Crippen LogP contribution < -0.4 is 11.1 Å². The first-order chi connectivity index (χ1) is 19.9. The van der Waals surface area contributed by atoms with E-state index in [1.807, 2.05) is 0 Å².